The molecule has 1 rings (SSSR count). The molecule has 0 amide bonds. The van der Waals surface area contributed by atoms with E-state index in [9.17, 15) is 8.42 Å². The van der Waals surface area contributed by atoms with Crippen molar-refractivity contribution in [1.29, 1.82) is 0 Å². The number of hydrogen-bond donors (Lipinski definition) is 2. The molecule has 4 nitrogen and oxygen atoms in total. The van der Waals surface area contributed by atoms with Gasteiger partial charge in [-0.3, -0.25) is 4.72 Å². The number of anilines is 1. The topological polar surface area (TPSA) is 72.2 Å². The summed E-state index contributed by atoms with van der Waals surface area (Å²) in [6.45, 7) is 5.49. The van der Waals surface area contributed by atoms with Crippen molar-refractivity contribution in [2.75, 3.05) is 4.72 Å². The van der Waals surface area contributed by atoms with E-state index < -0.39 is 15.3 Å². The lowest BCUT2D eigenvalue weighted by molar-refractivity contribution is 0.594. The third kappa shape index (κ3) is 3.43. The van der Waals surface area contributed by atoms with Gasteiger partial charge in [0.25, 0.3) is 0 Å². The smallest absolute Gasteiger partial charge is 0.242 e. The maximum Gasteiger partial charge on any atom is 0.242 e. The van der Waals surface area contributed by atoms with Gasteiger partial charge in [-0.25, -0.2) is 8.42 Å². The van der Waals surface area contributed by atoms with Gasteiger partial charge in [0, 0.05) is 0 Å². The summed E-state index contributed by atoms with van der Waals surface area (Å²) < 4.78 is 26.9. The number of hydrogen-bond acceptors (Lipinski definition) is 3. The molecule has 6 heteroatoms. The van der Waals surface area contributed by atoms with Crippen molar-refractivity contribution in [3.05, 3.63) is 29.3 Å². The first-order valence-corrected chi connectivity index (χ1v) is 7.61. The number of thiocarbonyl (C=S) groups is 1. The van der Waals surface area contributed by atoms with E-state index in [2.05, 4.69) is 4.72 Å². The van der Waals surface area contributed by atoms with Crippen LogP contribution in [0.15, 0.2) is 18.2 Å². The van der Waals surface area contributed by atoms with Crippen LogP contribution in [0.3, 0.4) is 0 Å². The lowest BCUT2D eigenvalue weighted by atomic mass is 10.1. The minimum absolute atomic E-state index is 0.00435. The Morgan fingerprint density at radius 2 is 2.06 bits per heavy atom. The Kier molecular flexibility index (Phi) is 4.70. The average Bonchev–Trinajstić information content (AvgIpc) is 2.22. The lowest BCUT2D eigenvalue weighted by Gasteiger charge is -2.17. The predicted molar refractivity (Wildman–Crippen MR) is 79.3 cm³/mol. The van der Waals surface area contributed by atoms with Crippen molar-refractivity contribution in [3.8, 4) is 0 Å². The van der Waals surface area contributed by atoms with E-state index >= 15 is 0 Å². The standard InChI is InChI=1S/C12H18N2O2S2/c1-4-11(12(13)17)18(15,16)14-10-7-8(2)5-6-9(10)3/h5-7,11,14H,4H2,1-3H3,(H2,13,17). The molecular formula is C12H18N2O2S2. The molecule has 0 saturated carbocycles. The molecule has 1 atom stereocenters. The van der Waals surface area contributed by atoms with Crippen LogP contribution >= 0.6 is 12.2 Å². The fraction of sp³-hybridized carbons (Fsp3) is 0.417. The van der Waals surface area contributed by atoms with Gasteiger partial charge in [0.05, 0.1) is 10.7 Å². The first kappa shape index (κ1) is 14.9. The number of sulfonamides is 1. The summed E-state index contributed by atoms with van der Waals surface area (Å²) >= 11 is 4.80. The van der Waals surface area contributed by atoms with Crippen molar-refractivity contribution < 1.29 is 8.42 Å². The highest BCUT2D eigenvalue weighted by Crippen LogP contribution is 2.20. The van der Waals surface area contributed by atoms with Crippen molar-refractivity contribution in [2.24, 2.45) is 5.73 Å². The van der Waals surface area contributed by atoms with Gasteiger partial charge in [0.2, 0.25) is 10.0 Å². The van der Waals surface area contributed by atoms with E-state index in [0.717, 1.165) is 11.1 Å². The second-order valence-electron chi connectivity index (χ2n) is 4.26. The van der Waals surface area contributed by atoms with Crippen LogP contribution in [0.1, 0.15) is 24.5 Å². The molecule has 0 fully saturated rings. The first-order chi connectivity index (χ1) is 8.27. The van der Waals surface area contributed by atoms with Gasteiger partial charge in [0.1, 0.15) is 5.25 Å². The van der Waals surface area contributed by atoms with Crippen molar-refractivity contribution >= 4 is 32.9 Å². The molecule has 0 heterocycles. The van der Waals surface area contributed by atoms with Crippen LogP contribution < -0.4 is 10.5 Å². The molecule has 100 valence electrons. The summed E-state index contributed by atoms with van der Waals surface area (Å²) in [5.74, 6) is 0. The Morgan fingerprint density at radius 1 is 1.44 bits per heavy atom. The summed E-state index contributed by atoms with van der Waals surface area (Å²) in [6, 6.07) is 5.59. The molecular weight excluding hydrogens is 268 g/mol. The minimum atomic E-state index is -3.58. The molecule has 3 N–H and O–H groups in total. The van der Waals surface area contributed by atoms with Crippen LogP contribution in [0.5, 0.6) is 0 Å². The largest absolute Gasteiger partial charge is 0.392 e. The Hall–Kier alpha value is -1.14. The molecule has 0 bridgehead atoms. The molecule has 18 heavy (non-hydrogen) atoms. The number of rotatable bonds is 5. The molecule has 1 unspecified atom stereocenters. The van der Waals surface area contributed by atoms with Crippen molar-refractivity contribution in [3.63, 3.8) is 0 Å². The highest BCUT2D eigenvalue weighted by atomic mass is 32.2. The molecule has 0 aliphatic heterocycles. The van der Waals surface area contributed by atoms with Gasteiger partial charge >= 0.3 is 0 Å². The molecule has 0 radical (unpaired) electrons. The van der Waals surface area contributed by atoms with E-state index in [0.29, 0.717) is 12.1 Å². The molecule has 0 aromatic heterocycles. The minimum Gasteiger partial charge on any atom is -0.392 e. The summed E-state index contributed by atoms with van der Waals surface area (Å²) in [5, 5.41) is -0.840. The van der Waals surface area contributed by atoms with Crippen molar-refractivity contribution in [1.82, 2.24) is 0 Å². The maximum absolute atomic E-state index is 12.2. The monoisotopic (exact) mass is 286 g/mol. The number of nitrogens with two attached hydrogens (primary N) is 1. The van der Waals surface area contributed by atoms with Gasteiger partial charge in [-0.1, -0.05) is 31.3 Å². The summed E-state index contributed by atoms with van der Waals surface area (Å²) in [6.07, 6.45) is 0.357. The lowest BCUT2D eigenvalue weighted by Crippen LogP contribution is -2.37. The third-order valence-electron chi connectivity index (χ3n) is 2.71. The molecule has 0 aliphatic carbocycles. The van der Waals surface area contributed by atoms with Crippen molar-refractivity contribution in [2.45, 2.75) is 32.4 Å². The normalized spacial score (nSPS) is 13.1. The van der Waals surface area contributed by atoms with E-state index in [4.69, 9.17) is 18.0 Å². The highest BCUT2D eigenvalue weighted by molar-refractivity contribution is 7.95. The van der Waals surface area contributed by atoms with E-state index in [-0.39, 0.29) is 4.99 Å². The zero-order valence-corrected chi connectivity index (χ0v) is 12.4. The second kappa shape index (κ2) is 5.67. The summed E-state index contributed by atoms with van der Waals surface area (Å²) in [7, 11) is -3.58. The van der Waals surface area contributed by atoms with Crippen LogP contribution in [0.2, 0.25) is 0 Å². The summed E-state index contributed by atoms with van der Waals surface area (Å²) in [5.41, 5.74) is 7.89. The third-order valence-corrected chi connectivity index (χ3v) is 4.98. The average molecular weight is 286 g/mol. The molecule has 0 saturated heterocycles. The van der Waals surface area contributed by atoms with Gasteiger partial charge < -0.3 is 5.73 Å². The van der Waals surface area contributed by atoms with Crippen LogP contribution in [0.25, 0.3) is 0 Å². The quantitative estimate of drug-likeness (QED) is 0.813. The molecule has 1 aromatic carbocycles. The van der Waals surface area contributed by atoms with Gasteiger partial charge in [-0.2, -0.15) is 0 Å². The van der Waals surface area contributed by atoms with Crippen LogP contribution in [-0.2, 0) is 10.0 Å². The Balaban J connectivity index is 3.09. The Labute approximate surface area is 114 Å². The highest BCUT2D eigenvalue weighted by Gasteiger charge is 2.26. The van der Waals surface area contributed by atoms with E-state index in [1.165, 1.54) is 0 Å². The first-order valence-electron chi connectivity index (χ1n) is 5.66. The molecule has 1 aromatic rings. The van der Waals surface area contributed by atoms with Gasteiger partial charge in [0.15, 0.2) is 0 Å². The van der Waals surface area contributed by atoms with E-state index in [1.54, 1.807) is 13.0 Å². The maximum atomic E-state index is 12.2. The predicted octanol–water partition coefficient (Wildman–Crippen LogP) is 2.11. The number of benzene rings is 1. The fourth-order valence-electron chi connectivity index (χ4n) is 1.64. The SMILES string of the molecule is CCC(C(N)=S)S(=O)(=O)Nc1cc(C)ccc1C. The van der Waals surface area contributed by atoms with Crippen LogP contribution in [-0.4, -0.2) is 18.7 Å². The fourth-order valence-corrected chi connectivity index (χ4v) is 3.60. The van der Waals surface area contributed by atoms with Crippen LogP contribution in [0, 0.1) is 13.8 Å². The molecule has 0 spiro atoms. The Bertz CT molecular complexity index is 553. The zero-order valence-electron chi connectivity index (χ0n) is 10.7. The number of aryl methyl sites for hydroxylation is 2. The van der Waals surface area contributed by atoms with Gasteiger partial charge in [-0.15, -0.1) is 0 Å². The summed E-state index contributed by atoms with van der Waals surface area (Å²) in [4.78, 5) is -0.00435. The Morgan fingerprint density at radius 3 is 2.56 bits per heavy atom. The van der Waals surface area contributed by atoms with E-state index in [1.807, 2.05) is 26.0 Å². The number of nitrogens with one attached hydrogen (secondary N) is 1. The van der Waals surface area contributed by atoms with Gasteiger partial charge in [-0.05, 0) is 37.5 Å². The second-order valence-corrected chi connectivity index (χ2v) is 6.60. The van der Waals surface area contributed by atoms with Crippen LogP contribution in [0.4, 0.5) is 5.69 Å². The molecule has 0 aliphatic rings. The zero-order chi connectivity index (χ0) is 13.9.